The van der Waals surface area contributed by atoms with Crippen LogP contribution >= 0.6 is 11.6 Å². The summed E-state index contributed by atoms with van der Waals surface area (Å²) in [6.45, 7) is 2.17. The van der Waals surface area contributed by atoms with Gasteiger partial charge in [0.2, 0.25) is 5.91 Å². The van der Waals surface area contributed by atoms with Crippen LogP contribution < -0.4 is 4.74 Å². The third kappa shape index (κ3) is 3.14. The van der Waals surface area contributed by atoms with E-state index >= 15 is 0 Å². The Labute approximate surface area is 101 Å². The number of nitrogens with zero attached hydrogens (tertiary/aromatic N) is 1. The van der Waals surface area contributed by atoms with E-state index in [9.17, 15) is 4.79 Å². The van der Waals surface area contributed by atoms with Gasteiger partial charge in [0.15, 0.2) is 0 Å². The lowest BCUT2D eigenvalue weighted by Gasteiger charge is -2.19. The topological polar surface area (TPSA) is 29.5 Å². The van der Waals surface area contributed by atoms with Crippen molar-refractivity contribution < 1.29 is 9.53 Å². The highest BCUT2D eigenvalue weighted by atomic mass is 35.5. The molecule has 0 saturated heterocycles. The predicted molar refractivity (Wildman–Crippen MR) is 64.8 cm³/mol. The highest BCUT2D eigenvalue weighted by Gasteiger charge is 2.16. The summed E-state index contributed by atoms with van der Waals surface area (Å²) in [5.41, 5.74) is 0.971. The van der Waals surface area contributed by atoms with Crippen LogP contribution in [0.15, 0.2) is 24.3 Å². The number of rotatable bonds is 4. The first-order valence-electron chi connectivity index (χ1n) is 5.07. The lowest BCUT2D eigenvalue weighted by atomic mass is 10.2. The number of hydrogen-bond donors (Lipinski definition) is 0. The summed E-state index contributed by atoms with van der Waals surface area (Å²) in [6.07, 6.45) is 0. The van der Waals surface area contributed by atoms with Crippen molar-refractivity contribution in [1.29, 1.82) is 0 Å². The number of carbonyl (C=O) groups is 1. The summed E-state index contributed by atoms with van der Waals surface area (Å²) in [5.74, 6) is 0.692. The van der Waals surface area contributed by atoms with Crippen LogP contribution in [0.2, 0.25) is 0 Å². The Morgan fingerprint density at radius 3 is 2.69 bits per heavy atom. The molecule has 16 heavy (non-hydrogen) atoms. The second kappa shape index (κ2) is 5.75. The lowest BCUT2D eigenvalue weighted by Crippen LogP contribution is -2.31. The Bertz CT molecular complexity index is 366. The molecule has 0 aromatic heterocycles. The fourth-order valence-electron chi connectivity index (χ4n) is 1.47. The fourth-order valence-corrected chi connectivity index (χ4v) is 1.64. The molecule has 1 atom stereocenters. The zero-order chi connectivity index (χ0) is 12.1. The summed E-state index contributed by atoms with van der Waals surface area (Å²) >= 11 is 5.74. The summed E-state index contributed by atoms with van der Waals surface area (Å²) in [4.78, 5) is 13.2. The molecular weight excluding hydrogens is 226 g/mol. The summed E-state index contributed by atoms with van der Waals surface area (Å²) < 4.78 is 5.22. The van der Waals surface area contributed by atoms with Crippen molar-refractivity contribution in [3.05, 3.63) is 29.8 Å². The molecule has 0 fully saturated rings. The van der Waals surface area contributed by atoms with Crippen LogP contribution in [0.3, 0.4) is 0 Å². The van der Waals surface area contributed by atoms with Crippen molar-refractivity contribution in [3.63, 3.8) is 0 Å². The molecule has 0 aliphatic rings. The molecule has 1 unspecified atom stereocenters. The molecule has 1 aromatic rings. The Morgan fingerprint density at radius 2 is 2.12 bits per heavy atom. The number of methoxy groups -OCH3 is 1. The van der Waals surface area contributed by atoms with Crippen molar-refractivity contribution in [2.75, 3.05) is 14.2 Å². The van der Waals surface area contributed by atoms with E-state index < -0.39 is 5.38 Å². The minimum atomic E-state index is -0.500. The predicted octanol–water partition coefficient (Wildman–Crippen LogP) is 2.28. The Kier molecular flexibility index (Phi) is 4.62. The van der Waals surface area contributed by atoms with Crippen LogP contribution in [0.5, 0.6) is 5.75 Å². The first kappa shape index (κ1) is 12.8. The highest BCUT2D eigenvalue weighted by Crippen LogP contribution is 2.19. The largest absolute Gasteiger partial charge is 0.496 e. The van der Waals surface area contributed by atoms with E-state index in [1.165, 1.54) is 0 Å². The minimum absolute atomic E-state index is 0.0902. The van der Waals surface area contributed by atoms with E-state index in [0.717, 1.165) is 11.3 Å². The smallest absolute Gasteiger partial charge is 0.240 e. The Morgan fingerprint density at radius 1 is 1.50 bits per heavy atom. The molecule has 0 aliphatic heterocycles. The monoisotopic (exact) mass is 241 g/mol. The third-order valence-electron chi connectivity index (χ3n) is 2.32. The normalized spacial score (nSPS) is 12.0. The van der Waals surface area contributed by atoms with Gasteiger partial charge in [-0.15, -0.1) is 11.6 Å². The Hall–Kier alpha value is -1.22. The number of amides is 1. The maximum atomic E-state index is 11.6. The number of ether oxygens (including phenoxy) is 1. The second-order valence-corrected chi connectivity index (χ2v) is 4.28. The molecule has 0 saturated carbocycles. The second-order valence-electron chi connectivity index (χ2n) is 3.62. The molecule has 1 aromatic carbocycles. The zero-order valence-corrected chi connectivity index (χ0v) is 10.5. The standard InChI is InChI=1S/C12H16ClNO2/c1-9(13)12(15)14(2)8-10-6-4-5-7-11(10)16-3/h4-7,9H,8H2,1-3H3. The lowest BCUT2D eigenvalue weighted by molar-refractivity contribution is -0.129. The number of carbonyl (C=O) groups excluding carboxylic acids is 1. The molecule has 88 valence electrons. The average Bonchev–Trinajstić information content (AvgIpc) is 2.28. The van der Waals surface area contributed by atoms with Crippen LogP contribution in [0.1, 0.15) is 12.5 Å². The molecule has 3 nitrogen and oxygen atoms in total. The number of alkyl halides is 1. The van der Waals surface area contributed by atoms with Crippen LogP contribution in [0.25, 0.3) is 0 Å². The summed E-state index contributed by atoms with van der Waals surface area (Å²) in [5, 5.41) is -0.500. The van der Waals surface area contributed by atoms with Crippen LogP contribution in [0.4, 0.5) is 0 Å². The molecule has 0 heterocycles. The van der Waals surface area contributed by atoms with Gasteiger partial charge in [-0.3, -0.25) is 4.79 Å². The number of hydrogen-bond acceptors (Lipinski definition) is 2. The van der Waals surface area contributed by atoms with E-state index in [4.69, 9.17) is 16.3 Å². The van der Waals surface area contributed by atoms with Gasteiger partial charge >= 0.3 is 0 Å². The molecule has 1 amide bonds. The van der Waals surface area contributed by atoms with Gasteiger partial charge in [-0.25, -0.2) is 0 Å². The van der Waals surface area contributed by atoms with Gasteiger partial charge in [0, 0.05) is 19.2 Å². The maximum Gasteiger partial charge on any atom is 0.240 e. The highest BCUT2D eigenvalue weighted by molar-refractivity contribution is 6.30. The van der Waals surface area contributed by atoms with Crippen molar-refractivity contribution in [1.82, 2.24) is 4.90 Å². The van der Waals surface area contributed by atoms with Crippen molar-refractivity contribution in [2.24, 2.45) is 0 Å². The third-order valence-corrected chi connectivity index (χ3v) is 2.50. The van der Waals surface area contributed by atoms with E-state index in [-0.39, 0.29) is 5.91 Å². The van der Waals surface area contributed by atoms with Crippen molar-refractivity contribution in [3.8, 4) is 5.75 Å². The maximum absolute atomic E-state index is 11.6. The van der Waals surface area contributed by atoms with Gasteiger partial charge in [-0.2, -0.15) is 0 Å². The van der Waals surface area contributed by atoms with Gasteiger partial charge in [-0.1, -0.05) is 18.2 Å². The number of halogens is 1. The van der Waals surface area contributed by atoms with Crippen molar-refractivity contribution in [2.45, 2.75) is 18.8 Å². The van der Waals surface area contributed by atoms with Crippen molar-refractivity contribution >= 4 is 17.5 Å². The molecule has 0 aliphatic carbocycles. The number of benzene rings is 1. The molecule has 0 spiro atoms. The van der Waals surface area contributed by atoms with Gasteiger partial charge in [0.05, 0.1) is 7.11 Å². The molecule has 1 rings (SSSR count). The zero-order valence-electron chi connectivity index (χ0n) is 9.74. The molecule has 0 N–H and O–H groups in total. The molecule has 4 heteroatoms. The van der Waals surface area contributed by atoms with E-state index in [0.29, 0.717) is 6.54 Å². The van der Waals surface area contributed by atoms with E-state index in [1.807, 2.05) is 24.3 Å². The quantitative estimate of drug-likeness (QED) is 0.757. The summed E-state index contributed by atoms with van der Waals surface area (Å²) in [6, 6.07) is 7.62. The van der Waals surface area contributed by atoms with Crippen LogP contribution in [-0.4, -0.2) is 30.3 Å². The molecular formula is C12H16ClNO2. The van der Waals surface area contributed by atoms with Gasteiger partial charge in [0.25, 0.3) is 0 Å². The first-order chi connectivity index (χ1) is 7.56. The van der Waals surface area contributed by atoms with Gasteiger partial charge in [0.1, 0.15) is 11.1 Å². The number of para-hydroxylation sites is 1. The van der Waals surface area contributed by atoms with E-state index in [1.54, 1.807) is 26.0 Å². The van der Waals surface area contributed by atoms with E-state index in [2.05, 4.69) is 0 Å². The molecule has 0 radical (unpaired) electrons. The minimum Gasteiger partial charge on any atom is -0.496 e. The first-order valence-corrected chi connectivity index (χ1v) is 5.51. The summed E-state index contributed by atoms with van der Waals surface area (Å²) in [7, 11) is 3.35. The van der Waals surface area contributed by atoms with Gasteiger partial charge < -0.3 is 9.64 Å². The average molecular weight is 242 g/mol. The van der Waals surface area contributed by atoms with Crippen LogP contribution in [-0.2, 0) is 11.3 Å². The van der Waals surface area contributed by atoms with Gasteiger partial charge in [-0.05, 0) is 13.0 Å². The SMILES string of the molecule is COc1ccccc1CN(C)C(=O)C(C)Cl. The fraction of sp³-hybridized carbons (Fsp3) is 0.417. The molecule has 0 bridgehead atoms. The Balaban J connectivity index is 2.76. The van der Waals surface area contributed by atoms with Crippen LogP contribution in [0, 0.1) is 0 Å².